The summed E-state index contributed by atoms with van der Waals surface area (Å²) in [6.45, 7) is 12.1. The van der Waals surface area contributed by atoms with Gasteiger partial charge in [-0.15, -0.1) is 0 Å². The molecule has 1 N–H and O–H groups in total. The zero-order chi connectivity index (χ0) is 14.3. The molecule has 1 unspecified atom stereocenters. The second-order valence-corrected chi connectivity index (χ2v) is 5.82. The molecule has 0 fully saturated rings. The van der Waals surface area contributed by atoms with Crippen LogP contribution in [-0.2, 0) is 0 Å². The first-order chi connectivity index (χ1) is 9.13. The molecule has 0 aromatic heterocycles. The normalized spacial score (nSPS) is 12.5. The van der Waals surface area contributed by atoms with Gasteiger partial charge in [-0.05, 0) is 66.9 Å². The molecule has 19 heavy (non-hydrogen) atoms. The molecule has 0 aliphatic heterocycles. The molecule has 2 nitrogen and oxygen atoms in total. The molecule has 1 rings (SSSR count). The average molecular weight is 327 g/mol. The fourth-order valence-corrected chi connectivity index (χ4v) is 2.89. The van der Waals surface area contributed by atoms with E-state index in [1.165, 1.54) is 28.6 Å². The molecule has 1 atom stereocenters. The van der Waals surface area contributed by atoms with Crippen LogP contribution in [0.4, 0.5) is 5.69 Å². The van der Waals surface area contributed by atoms with Crippen LogP contribution in [0.3, 0.4) is 0 Å². The van der Waals surface area contributed by atoms with Gasteiger partial charge in [-0.3, -0.25) is 0 Å². The smallest absolute Gasteiger partial charge is 0.0510 e. The largest absolute Gasteiger partial charge is 0.371 e. The molecule has 0 saturated carbocycles. The van der Waals surface area contributed by atoms with E-state index in [4.69, 9.17) is 0 Å². The lowest BCUT2D eigenvalue weighted by Gasteiger charge is -2.25. The SMILES string of the molecule is CCCNC(C)c1ccc(N(CC)CCC)c(Br)c1. The standard InChI is InChI=1S/C16H27BrN2/c1-5-10-18-13(4)14-8-9-16(15(17)12-14)19(7-3)11-6-2/h8-9,12-13,18H,5-7,10-11H2,1-4H3. The number of halogens is 1. The Hall–Kier alpha value is -0.540. The minimum atomic E-state index is 0.409. The number of hydrogen-bond acceptors (Lipinski definition) is 2. The Labute approximate surface area is 126 Å². The molecule has 0 aliphatic rings. The first-order valence-corrected chi connectivity index (χ1v) is 8.21. The summed E-state index contributed by atoms with van der Waals surface area (Å²) < 4.78 is 1.20. The van der Waals surface area contributed by atoms with Gasteiger partial charge >= 0.3 is 0 Å². The Balaban J connectivity index is 2.84. The van der Waals surface area contributed by atoms with Crippen LogP contribution in [-0.4, -0.2) is 19.6 Å². The first kappa shape index (κ1) is 16.5. The van der Waals surface area contributed by atoms with Crippen molar-refractivity contribution in [1.29, 1.82) is 0 Å². The second kappa shape index (κ2) is 8.60. The number of nitrogens with one attached hydrogen (secondary N) is 1. The summed E-state index contributed by atoms with van der Waals surface area (Å²) in [6, 6.07) is 7.14. The zero-order valence-corrected chi connectivity index (χ0v) is 14.3. The van der Waals surface area contributed by atoms with Gasteiger partial charge < -0.3 is 10.2 Å². The fraction of sp³-hybridized carbons (Fsp3) is 0.625. The van der Waals surface area contributed by atoms with Crippen LogP contribution < -0.4 is 10.2 Å². The maximum absolute atomic E-state index is 3.73. The summed E-state index contributed by atoms with van der Waals surface area (Å²) in [6.07, 6.45) is 2.35. The maximum atomic E-state index is 3.73. The highest BCUT2D eigenvalue weighted by atomic mass is 79.9. The second-order valence-electron chi connectivity index (χ2n) is 4.97. The molecular weight excluding hydrogens is 300 g/mol. The van der Waals surface area contributed by atoms with Crippen molar-refractivity contribution in [3.8, 4) is 0 Å². The summed E-state index contributed by atoms with van der Waals surface area (Å²) in [7, 11) is 0. The Bertz CT molecular complexity index is 379. The van der Waals surface area contributed by atoms with Gasteiger partial charge in [0.1, 0.15) is 0 Å². The van der Waals surface area contributed by atoms with Crippen LogP contribution in [0.5, 0.6) is 0 Å². The van der Waals surface area contributed by atoms with Gasteiger partial charge in [-0.2, -0.15) is 0 Å². The Morgan fingerprint density at radius 2 is 1.95 bits per heavy atom. The number of nitrogens with zero attached hydrogens (tertiary/aromatic N) is 1. The molecule has 0 amide bonds. The third-order valence-electron chi connectivity index (χ3n) is 3.39. The zero-order valence-electron chi connectivity index (χ0n) is 12.7. The lowest BCUT2D eigenvalue weighted by Crippen LogP contribution is -2.24. The van der Waals surface area contributed by atoms with Crippen LogP contribution in [0, 0.1) is 0 Å². The van der Waals surface area contributed by atoms with E-state index in [1.54, 1.807) is 0 Å². The molecule has 3 heteroatoms. The summed E-state index contributed by atoms with van der Waals surface area (Å²) in [5, 5.41) is 3.53. The van der Waals surface area contributed by atoms with Crippen LogP contribution >= 0.6 is 15.9 Å². The molecule has 0 spiro atoms. The lowest BCUT2D eigenvalue weighted by atomic mass is 10.1. The quantitative estimate of drug-likeness (QED) is 0.741. The van der Waals surface area contributed by atoms with E-state index in [0.717, 1.165) is 19.6 Å². The van der Waals surface area contributed by atoms with Gasteiger partial charge in [-0.25, -0.2) is 0 Å². The van der Waals surface area contributed by atoms with Gasteiger partial charge in [0, 0.05) is 23.6 Å². The minimum Gasteiger partial charge on any atom is -0.371 e. The Morgan fingerprint density at radius 1 is 1.21 bits per heavy atom. The molecule has 108 valence electrons. The van der Waals surface area contributed by atoms with Gasteiger partial charge in [0.25, 0.3) is 0 Å². The van der Waals surface area contributed by atoms with Crippen LogP contribution in [0.15, 0.2) is 22.7 Å². The van der Waals surface area contributed by atoms with E-state index in [-0.39, 0.29) is 0 Å². The maximum Gasteiger partial charge on any atom is 0.0510 e. The molecule has 0 aliphatic carbocycles. The van der Waals surface area contributed by atoms with E-state index in [2.05, 4.69) is 72.0 Å². The van der Waals surface area contributed by atoms with Crippen molar-refractivity contribution in [2.24, 2.45) is 0 Å². The minimum absolute atomic E-state index is 0.409. The summed E-state index contributed by atoms with van der Waals surface area (Å²) in [5.74, 6) is 0. The fourth-order valence-electron chi connectivity index (χ4n) is 2.25. The summed E-state index contributed by atoms with van der Waals surface area (Å²) in [4.78, 5) is 2.41. The number of rotatable bonds is 8. The van der Waals surface area contributed by atoms with Gasteiger partial charge in [0.2, 0.25) is 0 Å². The number of anilines is 1. The van der Waals surface area contributed by atoms with Crippen molar-refractivity contribution in [3.63, 3.8) is 0 Å². The predicted octanol–water partition coefficient (Wildman–Crippen LogP) is 4.75. The van der Waals surface area contributed by atoms with Crippen molar-refractivity contribution in [2.45, 2.75) is 46.6 Å². The van der Waals surface area contributed by atoms with E-state index in [9.17, 15) is 0 Å². The van der Waals surface area contributed by atoms with E-state index >= 15 is 0 Å². The van der Waals surface area contributed by atoms with Gasteiger partial charge in [0.05, 0.1) is 5.69 Å². The first-order valence-electron chi connectivity index (χ1n) is 7.41. The highest BCUT2D eigenvalue weighted by Crippen LogP contribution is 2.29. The Kier molecular flexibility index (Phi) is 7.47. The van der Waals surface area contributed by atoms with E-state index in [0.29, 0.717) is 6.04 Å². The van der Waals surface area contributed by atoms with Crippen molar-refractivity contribution in [3.05, 3.63) is 28.2 Å². The van der Waals surface area contributed by atoms with Crippen molar-refractivity contribution >= 4 is 21.6 Å². The average Bonchev–Trinajstić information content (AvgIpc) is 2.42. The lowest BCUT2D eigenvalue weighted by molar-refractivity contribution is 0.570. The topological polar surface area (TPSA) is 15.3 Å². The highest BCUT2D eigenvalue weighted by molar-refractivity contribution is 9.10. The molecule has 0 radical (unpaired) electrons. The van der Waals surface area contributed by atoms with Gasteiger partial charge in [0.15, 0.2) is 0 Å². The van der Waals surface area contributed by atoms with Crippen LogP contribution in [0.2, 0.25) is 0 Å². The van der Waals surface area contributed by atoms with E-state index < -0.39 is 0 Å². The van der Waals surface area contributed by atoms with Gasteiger partial charge in [-0.1, -0.05) is 19.9 Å². The molecule has 0 heterocycles. The molecule has 0 bridgehead atoms. The number of benzene rings is 1. The summed E-state index contributed by atoms with van der Waals surface area (Å²) >= 11 is 3.73. The third kappa shape index (κ3) is 4.81. The summed E-state index contributed by atoms with van der Waals surface area (Å²) in [5.41, 5.74) is 2.65. The predicted molar refractivity (Wildman–Crippen MR) is 89.0 cm³/mol. The van der Waals surface area contributed by atoms with Crippen molar-refractivity contribution in [2.75, 3.05) is 24.5 Å². The van der Waals surface area contributed by atoms with E-state index in [1.807, 2.05) is 0 Å². The van der Waals surface area contributed by atoms with Crippen LogP contribution in [0.1, 0.15) is 52.1 Å². The number of hydrogen-bond donors (Lipinski definition) is 1. The van der Waals surface area contributed by atoms with Crippen molar-refractivity contribution < 1.29 is 0 Å². The highest BCUT2D eigenvalue weighted by Gasteiger charge is 2.11. The van der Waals surface area contributed by atoms with Crippen molar-refractivity contribution in [1.82, 2.24) is 5.32 Å². The monoisotopic (exact) mass is 326 g/mol. The molecule has 0 saturated heterocycles. The van der Waals surface area contributed by atoms with Crippen LogP contribution in [0.25, 0.3) is 0 Å². The molecular formula is C16H27BrN2. The molecule has 1 aromatic carbocycles. The third-order valence-corrected chi connectivity index (χ3v) is 4.02. The molecule has 1 aromatic rings. The Morgan fingerprint density at radius 3 is 2.47 bits per heavy atom.